The molecule has 15 heteroatoms. The summed E-state index contributed by atoms with van der Waals surface area (Å²) in [5.74, 6) is -0.265. The molecule has 1 unspecified atom stereocenters. The van der Waals surface area contributed by atoms with Gasteiger partial charge in [0.25, 0.3) is 5.91 Å². The molecule has 1 aliphatic heterocycles. The normalized spacial score (nSPS) is 21.8. The molecule has 3 rings (SSSR count). The van der Waals surface area contributed by atoms with E-state index >= 15 is 4.39 Å². The number of likely N-dealkylation sites (tertiary alicyclic amines) is 1. The van der Waals surface area contributed by atoms with E-state index < -0.39 is 22.0 Å². The van der Waals surface area contributed by atoms with Crippen LogP contribution >= 0.6 is 11.6 Å². The summed E-state index contributed by atoms with van der Waals surface area (Å²) >= 11 is 5.88. The van der Waals surface area contributed by atoms with Gasteiger partial charge in [-0.15, -0.1) is 0 Å². The maximum Gasteiger partial charge on any atom is 0.253 e. The summed E-state index contributed by atoms with van der Waals surface area (Å²) in [6, 6.07) is 3.92. The lowest BCUT2D eigenvalue weighted by atomic mass is 9.27. The Labute approximate surface area is 211 Å². The van der Waals surface area contributed by atoms with Crippen LogP contribution in [-0.2, 0) is 11.7 Å². The predicted octanol–water partition coefficient (Wildman–Crippen LogP) is -4.07. The largest absolute Gasteiger partial charge is 0.349 e. The Bertz CT molecular complexity index is 1070. The maximum absolute atomic E-state index is 16.4. The Morgan fingerprint density at radius 2 is 1.79 bits per heavy atom. The first kappa shape index (κ1) is 26.9. The molecule has 1 atom stereocenters. The second kappa shape index (κ2) is 9.42. The van der Waals surface area contributed by atoms with Gasteiger partial charge in [-0.05, 0) is 40.7 Å². The SMILES string of the molecule is BC(B)(B)c1cnc(CNCC2(F)CCN(C(=O)c3ccc(F)c(Cl)c3)C(B)(B)C2(B)B)nc1. The molecule has 0 bridgehead atoms. The molecular formula is C19H28B7ClF2N4O. The summed E-state index contributed by atoms with van der Waals surface area (Å²) in [4.78, 5) is 23.8. The van der Waals surface area contributed by atoms with Crippen LogP contribution in [0.2, 0.25) is 10.2 Å². The predicted molar refractivity (Wildman–Crippen MR) is 152 cm³/mol. The van der Waals surface area contributed by atoms with Crippen molar-refractivity contribution in [3.8, 4) is 0 Å². The topological polar surface area (TPSA) is 58.1 Å². The molecule has 0 radical (unpaired) electrons. The van der Waals surface area contributed by atoms with Gasteiger partial charge in [-0.3, -0.25) is 4.79 Å². The molecule has 1 amide bonds. The molecule has 2 heterocycles. The van der Waals surface area contributed by atoms with E-state index in [2.05, 4.69) is 38.8 Å². The molecule has 5 nitrogen and oxygen atoms in total. The van der Waals surface area contributed by atoms with E-state index in [1.165, 1.54) is 18.2 Å². The van der Waals surface area contributed by atoms with Crippen LogP contribution in [0.1, 0.15) is 28.2 Å². The van der Waals surface area contributed by atoms with Crippen molar-refractivity contribution in [2.45, 2.75) is 34.3 Å². The van der Waals surface area contributed by atoms with E-state index in [0.717, 1.165) is 5.56 Å². The van der Waals surface area contributed by atoms with Crippen molar-refractivity contribution in [1.82, 2.24) is 20.2 Å². The third-order valence-electron chi connectivity index (χ3n) is 7.73. The summed E-state index contributed by atoms with van der Waals surface area (Å²) in [5, 5.41) is 1.35. The number of rotatable bonds is 6. The Balaban J connectivity index is 1.72. The average molecular weight is 478 g/mol. The second-order valence-corrected chi connectivity index (χ2v) is 11.6. The van der Waals surface area contributed by atoms with Crippen molar-refractivity contribution >= 4 is 72.4 Å². The minimum atomic E-state index is -1.57. The van der Waals surface area contributed by atoms with Crippen molar-refractivity contribution in [2.75, 3.05) is 13.1 Å². The number of alkyl halides is 1. The number of hydrogen-bond donors (Lipinski definition) is 1. The lowest BCUT2D eigenvalue weighted by molar-refractivity contribution is 0.0140. The van der Waals surface area contributed by atoms with Crippen LogP contribution in [0.25, 0.3) is 0 Å². The highest BCUT2D eigenvalue weighted by molar-refractivity contribution is 6.59. The molecule has 172 valence electrons. The van der Waals surface area contributed by atoms with Gasteiger partial charge in [-0.25, -0.2) is 18.7 Å². The number of amides is 1. The summed E-state index contributed by atoms with van der Waals surface area (Å²) in [6.45, 7) is 0.695. The number of hydrogen-bond acceptors (Lipinski definition) is 4. The van der Waals surface area contributed by atoms with Gasteiger partial charge >= 0.3 is 0 Å². The van der Waals surface area contributed by atoms with Crippen molar-refractivity contribution in [1.29, 1.82) is 0 Å². The van der Waals surface area contributed by atoms with Crippen LogP contribution in [0.3, 0.4) is 0 Å². The van der Waals surface area contributed by atoms with Crippen LogP contribution < -0.4 is 5.32 Å². The molecule has 1 fully saturated rings. The van der Waals surface area contributed by atoms with Gasteiger partial charge in [-0.2, -0.15) is 0 Å². The molecular weight excluding hydrogens is 449 g/mol. The minimum Gasteiger partial charge on any atom is -0.349 e. The van der Waals surface area contributed by atoms with Crippen LogP contribution in [0, 0.1) is 5.82 Å². The van der Waals surface area contributed by atoms with Gasteiger partial charge < -0.3 is 10.2 Å². The Hall–Kier alpha value is -1.67. The lowest BCUT2D eigenvalue weighted by Gasteiger charge is -2.61. The quantitative estimate of drug-likeness (QED) is 0.430. The number of piperidine rings is 1. The molecule has 1 N–H and O–H groups in total. The summed E-state index contributed by atoms with van der Waals surface area (Å²) in [6.07, 6.45) is 3.79. The van der Waals surface area contributed by atoms with Gasteiger partial charge in [0.2, 0.25) is 0 Å². The average Bonchev–Trinajstić information content (AvgIpc) is 2.74. The standard InChI is InChI=1S/C19H28B7ClF2N4O/c20-17(21,22)11-6-31-14(32-7-11)8-30-9-16(29)3-4-33(19(25,26)18(16,23)24)15(34)10-1-2-13(28)12(27)5-10/h1-2,5-7,30H,3-4,8-9,20-26H2. The molecule has 0 saturated carbocycles. The van der Waals surface area contributed by atoms with E-state index in [4.69, 9.17) is 11.6 Å². The highest BCUT2D eigenvalue weighted by atomic mass is 35.5. The first-order chi connectivity index (χ1) is 15.6. The molecule has 1 saturated heterocycles. The number of carbonyl (C=O) groups excluding carboxylic acids is 1. The second-order valence-electron chi connectivity index (χ2n) is 11.2. The van der Waals surface area contributed by atoms with Gasteiger partial charge in [0.1, 0.15) is 48.7 Å². The third-order valence-corrected chi connectivity index (χ3v) is 8.02. The zero-order valence-corrected chi connectivity index (χ0v) is 21.9. The van der Waals surface area contributed by atoms with Crippen molar-refractivity contribution in [3.63, 3.8) is 0 Å². The number of halogens is 3. The Morgan fingerprint density at radius 3 is 2.35 bits per heavy atom. The zero-order valence-electron chi connectivity index (χ0n) is 21.1. The smallest absolute Gasteiger partial charge is 0.253 e. The number of carbonyl (C=O) groups is 1. The molecule has 1 aromatic carbocycles. The van der Waals surface area contributed by atoms with E-state index in [9.17, 15) is 9.18 Å². The highest BCUT2D eigenvalue weighted by Gasteiger charge is 2.59. The Morgan fingerprint density at radius 1 is 1.18 bits per heavy atom. The molecule has 0 aliphatic carbocycles. The van der Waals surface area contributed by atoms with Gasteiger partial charge in [-0.1, -0.05) is 16.7 Å². The summed E-state index contributed by atoms with van der Waals surface area (Å²) < 4.78 is 30.0. The maximum atomic E-state index is 16.4. The number of aromatic nitrogens is 2. The fourth-order valence-corrected chi connectivity index (χ4v) is 4.60. The van der Waals surface area contributed by atoms with E-state index in [1.807, 2.05) is 43.8 Å². The highest BCUT2D eigenvalue weighted by Crippen LogP contribution is 2.51. The number of nitrogens with zero attached hydrogens (tertiary/aromatic N) is 3. The van der Waals surface area contributed by atoms with E-state index in [-0.39, 0.29) is 41.1 Å². The van der Waals surface area contributed by atoms with Crippen LogP contribution in [-0.4, -0.2) is 99.8 Å². The Kier molecular flexibility index (Phi) is 7.46. The monoisotopic (exact) mass is 478 g/mol. The van der Waals surface area contributed by atoms with Crippen molar-refractivity contribution in [2.24, 2.45) is 0 Å². The number of nitrogens with one attached hydrogen (secondary N) is 1. The summed E-state index contributed by atoms with van der Waals surface area (Å²) in [5.41, 5.74) is -0.241. The molecule has 2 aromatic rings. The van der Waals surface area contributed by atoms with E-state index in [1.54, 1.807) is 4.90 Å². The zero-order chi connectivity index (χ0) is 25.5. The number of benzene rings is 1. The molecule has 34 heavy (non-hydrogen) atoms. The van der Waals surface area contributed by atoms with Gasteiger partial charge in [0.05, 0.1) is 35.1 Å². The van der Waals surface area contributed by atoms with Crippen LogP contribution in [0.4, 0.5) is 8.78 Å². The first-order valence-corrected chi connectivity index (χ1v) is 12.0. The minimum absolute atomic E-state index is 0.0325. The lowest BCUT2D eigenvalue weighted by Crippen LogP contribution is -2.72. The fourth-order valence-electron chi connectivity index (χ4n) is 4.42. The van der Waals surface area contributed by atoms with Crippen LogP contribution in [0.15, 0.2) is 30.6 Å². The van der Waals surface area contributed by atoms with Crippen molar-refractivity contribution in [3.05, 3.63) is 58.4 Å². The van der Waals surface area contributed by atoms with Crippen LogP contribution in [0.5, 0.6) is 0 Å². The van der Waals surface area contributed by atoms with Gasteiger partial charge in [0.15, 0.2) is 0 Å². The van der Waals surface area contributed by atoms with Gasteiger partial charge in [0, 0.05) is 31.0 Å². The molecule has 1 aliphatic rings. The summed E-state index contributed by atoms with van der Waals surface area (Å²) in [7, 11) is 13.7. The first-order valence-electron chi connectivity index (χ1n) is 11.6. The fraction of sp³-hybridized carbons (Fsp3) is 0.421. The molecule has 0 spiro atoms. The third kappa shape index (κ3) is 4.99. The van der Waals surface area contributed by atoms with Crippen molar-refractivity contribution < 1.29 is 13.6 Å². The van der Waals surface area contributed by atoms with E-state index in [0.29, 0.717) is 12.4 Å². The molecule has 1 aromatic heterocycles.